The fourth-order valence-electron chi connectivity index (χ4n) is 1.77. The lowest BCUT2D eigenvalue weighted by molar-refractivity contribution is -0.173. The summed E-state index contributed by atoms with van der Waals surface area (Å²) >= 11 is 0. The molecule has 0 radical (unpaired) electrons. The Balaban J connectivity index is 2.24. The zero-order chi connectivity index (χ0) is 13.9. The third kappa shape index (κ3) is 2.90. The van der Waals surface area contributed by atoms with Gasteiger partial charge in [0.25, 0.3) is 0 Å². The number of ether oxygens (including phenoxy) is 3. The summed E-state index contributed by atoms with van der Waals surface area (Å²) in [4.78, 5) is 11.3. The topological polar surface area (TPSA) is 44.8 Å². The fourth-order valence-corrected chi connectivity index (χ4v) is 1.77. The maximum Gasteiger partial charge on any atom is 0.381 e. The Hall–Kier alpha value is -1.53. The van der Waals surface area contributed by atoms with Gasteiger partial charge in [-0.15, -0.1) is 0 Å². The molecule has 6 heteroatoms. The highest BCUT2D eigenvalue weighted by Gasteiger charge is 2.43. The fraction of sp³-hybridized carbons (Fsp3) is 0.462. The highest BCUT2D eigenvalue weighted by Crippen LogP contribution is 2.32. The maximum absolute atomic E-state index is 13.8. The van der Waals surface area contributed by atoms with Crippen molar-refractivity contribution >= 4 is 5.97 Å². The van der Waals surface area contributed by atoms with Crippen LogP contribution in [0.1, 0.15) is 24.3 Å². The minimum Gasteiger partial charge on any atom is -0.461 e. The molecule has 0 aromatic heterocycles. The zero-order valence-electron chi connectivity index (χ0n) is 10.4. The van der Waals surface area contributed by atoms with Crippen molar-refractivity contribution in [1.29, 1.82) is 0 Å². The van der Waals surface area contributed by atoms with Crippen molar-refractivity contribution in [2.24, 2.45) is 0 Å². The normalized spacial score (nSPS) is 16.6. The Labute approximate surface area is 109 Å². The van der Waals surface area contributed by atoms with Crippen molar-refractivity contribution < 1.29 is 27.8 Å². The van der Waals surface area contributed by atoms with Crippen LogP contribution in [0.4, 0.5) is 8.78 Å². The third-order valence-electron chi connectivity index (χ3n) is 2.67. The van der Waals surface area contributed by atoms with Crippen molar-refractivity contribution in [3.63, 3.8) is 0 Å². The second-order valence-electron chi connectivity index (χ2n) is 3.99. The molecule has 0 aliphatic carbocycles. The van der Waals surface area contributed by atoms with Gasteiger partial charge < -0.3 is 14.2 Å². The first-order chi connectivity index (χ1) is 9.05. The number of alkyl halides is 2. The summed E-state index contributed by atoms with van der Waals surface area (Å²) in [6.45, 7) is 2.22. The predicted octanol–water partition coefficient (Wildman–Crippen LogP) is 2.39. The molecule has 1 fully saturated rings. The molecule has 2 rings (SSSR count). The lowest BCUT2D eigenvalue weighted by atomic mass is 10.0. The van der Waals surface area contributed by atoms with Crippen LogP contribution in [0, 0.1) is 0 Å². The first-order valence-corrected chi connectivity index (χ1v) is 5.94. The number of carbonyl (C=O) groups is 1. The number of esters is 1. The second-order valence-corrected chi connectivity index (χ2v) is 3.99. The van der Waals surface area contributed by atoms with Crippen LogP contribution in [-0.4, -0.2) is 25.8 Å². The molecule has 1 aliphatic heterocycles. The summed E-state index contributed by atoms with van der Waals surface area (Å²) in [6.07, 6.45) is -0.655. The van der Waals surface area contributed by atoms with Crippen LogP contribution in [0.2, 0.25) is 0 Å². The number of halogens is 2. The molecule has 104 valence electrons. The molecule has 0 saturated carbocycles. The van der Waals surface area contributed by atoms with Crippen LogP contribution in [0.25, 0.3) is 0 Å². The highest BCUT2D eigenvalue weighted by atomic mass is 19.3. The Morgan fingerprint density at radius 3 is 2.74 bits per heavy atom. The monoisotopic (exact) mass is 272 g/mol. The minimum atomic E-state index is -3.68. The maximum atomic E-state index is 13.8. The number of carbonyl (C=O) groups excluding carboxylic acids is 1. The summed E-state index contributed by atoms with van der Waals surface area (Å²) in [5.74, 6) is -5.23. The standard InChI is InChI=1S/C13H14F2O4/c1-2-17-12(16)13(14,15)10-5-3-4-9(8-10)11-18-6-7-19-11/h3-5,8,11H,2,6-7H2,1H3. The van der Waals surface area contributed by atoms with E-state index < -0.39 is 23.7 Å². The van der Waals surface area contributed by atoms with Gasteiger partial charge in [-0.2, -0.15) is 8.78 Å². The van der Waals surface area contributed by atoms with Gasteiger partial charge in [-0.25, -0.2) is 4.79 Å². The van der Waals surface area contributed by atoms with Gasteiger partial charge in [-0.3, -0.25) is 0 Å². The Kier molecular flexibility index (Phi) is 4.11. The van der Waals surface area contributed by atoms with Crippen molar-refractivity contribution in [3.8, 4) is 0 Å². The summed E-state index contributed by atoms with van der Waals surface area (Å²) in [6, 6.07) is 5.42. The van der Waals surface area contributed by atoms with Gasteiger partial charge in [-0.05, 0) is 13.0 Å². The molecule has 4 nitrogen and oxygen atoms in total. The average molecular weight is 272 g/mol. The van der Waals surface area contributed by atoms with Crippen LogP contribution in [0.5, 0.6) is 0 Å². The molecule has 0 spiro atoms. The van der Waals surface area contributed by atoms with Crippen molar-refractivity contribution in [2.45, 2.75) is 19.1 Å². The number of rotatable bonds is 4. The van der Waals surface area contributed by atoms with E-state index in [0.717, 1.165) is 0 Å². The van der Waals surface area contributed by atoms with Crippen LogP contribution in [0.3, 0.4) is 0 Å². The smallest absolute Gasteiger partial charge is 0.381 e. The SMILES string of the molecule is CCOC(=O)C(F)(F)c1cccc(C2OCCO2)c1. The second kappa shape index (κ2) is 5.63. The van der Waals surface area contributed by atoms with Gasteiger partial charge in [0.1, 0.15) is 0 Å². The van der Waals surface area contributed by atoms with Crippen LogP contribution in [0.15, 0.2) is 24.3 Å². The summed E-state index contributed by atoms with van der Waals surface area (Å²) in [5, 5.41) is 0. The molecule has 1 aromatic rings. The number of hydrogen-bond donors (Lipinski definition) is 0. The molecular formula is C13H14F2O4. The minimum absolute atomic E-state index is 0.0943. The van der Waals surface area contributed by atoms with Crippen molar-refractivity contribution in [3.05, 3.63) is 35.4 Å². The highest BCUT2D eigenvalue weighted by molar-refractivity contribution is 5.79. The molecule has 1 saturated heterocycles. The molecule has 0 unspecified atom stereocenters. The molecule has 19 heavy (non-hydrogen) atoms. The largest absolute Gasteiger partial charge is 0.461 e. The lowest BCUT2D eigenvalue weighted by Gasteiger charge is -2.17. The predicted molar refractivity (Wildman–Crippen MR) is 61.6 cm³/mol. The first kappa shape index (κ1) is 13.9. The zero-order valence-corrected chi connectivity index (χ0v) is 10.4. The van der Waals surface area contributed by atoms with Crippen LogP contribution < -0.4 is 0 Å². The summed E-state index contributed by atoms with van der Waals surface area (Å²) in [7, 11) is 0. The van der Waals surface area contributed by atoms with E-state index in [0.29, 0.717) is 18.8 Å². The molecule has 0 amide bonds. The van der Waals surface area contributed by atoms with E-state index in [1.807, 2.05) is 0 Å². The van der Waals surface area contributed by atoms with E-state index in [2.05, 4.69) is 4.74 Å². The van der Waals surface area contributed by atoms with Gasteiger partial charge in [0.15, 0.2) is 6.29 Å². The van der Waals surface area contributed by atoms with E-state index >= 15 is 0 Å². The molecular weight excluding hydrogens is 258 g/mol. The molecule has 0 bridgehead atoms. The Morgan fingerprint density at radius 2 is 2.11 bits per heavy atom. The van der Waals surface area contributed by atoms with E-state index in [1.165, 1.54) is 25.1 Å². The molecule has 1 aliphatic rings. The molecule has 1 aromatic carbocycles. The quantitative estimate of drug-likeness (QED) is 0.789. The van der Waals surface area contributed by atoms with Crippen molar-refractivity contribution in [2.75, 3.05) is 19.8 Å². The lowest BCUT2D eigenvalue weighted by Crippen LogP contribution is -2.28. The number of benzene rings is 1. The summed E-state index contributed by atoms with van der Waals surface area (Å²) < 4.78 is 42.5. The van der Waals surface area contributed by atoms with Crippen molar-refractivity contribution in [1.82, 2.24) is 0 Å². The molecule has 0 N–H and O–H groups in total. The van der Waals surface area contributed by atoms with Crippen LogP contribution >= 0.6 is 0 Å². The van der Waals surface area contributed by atoms with E-state index in [9.17, 15) is 13.6 Å². The van der Waals surface area contributed by atoms with Gasteiger partial charge in [0, 0.05) is 11.1 Å². The van der Waals surface area contributed by atoms with E-state index in [4.69, 9.17) is 9.47 Å². The van der Waals surface area contributed by atoms with Gasteiger partial charge in [-0.1, -0.05) is 18.2 Å². The first-order valence-electron chi connectivity index (χ1n) is 5.94. The van der Waals surface area contributed by atoms with E-state index in [-0.39, 0.29) is 6.61 Å². The Morgan fingerprint density at radius 1 is 1.42 bits per heavy atom. The number of hydrogen-bond acceptors (Lipinski definition) is 4. The van der Waals surface area contributed by atoms with Crippen LogP contribution in [-0.2, 0) is 24.9 Å². The summed E-state index contributed by atoms with van der Waals surface area (Å²) in [5.41, 5.74) is 0.0292. The molecule has 1 heterocycles. The average Bonchev–Trinajstić information content (AvgIpc) is 2.93. The Bertz CT molecular complexity index is 456. The van der Waals surface area contributed by atoms with Gasteiger partial charge >= 0.3 is 11.9 Å². The third-order valence-corrected chi connectivity index (χ3v) is 2.67. The van der Waals surface area contributed by atoms with Gasteiger partial charge in [0.05, 0.1) is 19.8 Å². The molecule has 0 atom stereocenters. The van der Waals surface area contributed by atoms with Gasteiger partial charge in [0.2, 0.25) is 0 Å². The van der Waals surface area contributed by atoms with E-state index in [1.54, 1.807) is 6.07 Å².